The Balaban J connectivity index is 2.10. The van der Waals surface area contributed by atoms with Gasteiger partial charge in [-0.1, -0.05) is 0 Å². The summed E-state index contributed by atoms with van der Waals surface area (Å²) >= 11 is 1.50. The molecule has 84 valence electrons. The lowest BCUT2D eigenvalue weighted by Crippen LogP contribution is -2.33. The highest BCUT2D eigenvalue weighted by Crippen LogP contribution is 2.16. The SMILES string of the molecule is CC1OC(=O)C(=CNc2ccsc2)C(=O)O1. The Morgan fingerprint density at radius 2 is 2.06 bits per heavy atom. The minimum Gasteiger partial charge on any atom is -0.422 e. The second-order valence-corrected chi connectivity index (χ2v) is 3.87. The molecule has 0 atom stereocenters. The lowest BCUT2D eigenvalue weighted by atomic mass is 10.3. The molecule has 1 saturated heterocycles. The Morgan fingerprint density at radius 3 is 2.62 bits per heavy atom. The van der Waals surface area contributed by atoms with Gasteiger partial charge in [0, 0.05) is 24.2 Å². The first-order valence-corrected chi connectivity index (χ1v) is 5.52. The van der Waals surface area contributed by atoms with Crippen molar-refractivity contribution in [1.29, 1.82) is 0 Å². The quantitative estimate of drug-likeness (QED) is 0.481. The average Bonchev–Trinajstić information content (AvgIpc) is 2.68. The number of cyclic esters (lactones) is 2. The van der Waals surface area contributed by atoms with Gasteiger partial charge in [0.15, 0.2) is 5.57 Å². The summed E-state index contributed by atoms with van der Waals surface area (Å²) < 4.78 is 9.50. The Morgan fingerprint density at radius 1 is 1.38 bits per heavy atom. The molecule has 0 saturated carbocycles. The molecule has 0 spiro atoms. The smallest absolute Gasteiger partial charge is 0.350 e. The molecule has 16 heavy (non-hydrogen) atoms. The molecule has 6 heteroatoms. The van der Waals surface area contributed by atoms with Crippen LogP contribution in [0.4, 0.5) is 5.69 Å². The highest BCUT2D eigenvalue weighted by Gasteiger charge is 2.30. The summed E-state index contributed by atoms with van der Waals surface area (Å²) in [4.78, 5) is 22.7. The summed E-state index contributed by atoms with van der Waals surface area (Å²) in [6.45, 7) is 1.49. The van der Waals surface area contributed by atoms with Crippen molar-refractivity contribution in [1.82, 2.24) is 0 Å². The number of hydrogen-bond acceptors (Lipinski definition) is 6. The van der Waals surface area contributed by atoms with Gasteiger partial charge < -0.3 is 14.8 Å². The number of nitrogens with one attached hydrogen (secondary N) is 1. The maximum Gasteiger partial charge on any atom is 0.350 e. The van der Waals surface area contributed by atoms with E-state index in [1.807, 2.05) is 16.8 Å². The molecule has 0 amide bonds. The summed E-state index contributed by atoms with van der Waals surface area (Å²) in [5.74, 6) is -1.35. The van der Waals surface area contributed by atoms with E-state index >= 15 is 0 Å². The Kier molecular flexibility index (Phi) is 2.91. The molecule has 0 bridgehead atoms. The molecular weight excluding hydrogens is 230 g/mol. The van der Waals surface area contributed by atoms with Gasteiger partial charge in [-0.15, -0.1) is 0 Å². The maximum absolute atomic E-state index is 11.3. The van der Waals surface area contributed by atoms with Gasteiger partial charge in [-0.05, 0) is 11.4 Å². The van der Waals surface area contributed by atoms with Gasteiger partial charge in [-0.25, -0.2) is 9.59 Å². The van der Waals surface area contributed by atoms with Crippen LogP contribution < -0.4 is 5.32 Å². The Labute approximate surface area is 95.7 Å². The monoisotopic (exact) mass is 239 g/mol. The third kappa shape index (κ3) is 2.22. The highest BCUT2D eigenvalue weighted by molar-refractivity contribution is 7.08. The van der Waals surface area contributed by atoms with Crippen molar-refractivity contribution in [3.8, 4) is 0 Å². The third-order valence-corrected chi connectivity index (χ3v) is 2.57. The first kappa shape index (κ1) is 10.7. The molecule has 0 unspecified atom stereocenters. The number of carbonyl (C=O) groups is 2. The van der Waals surface area contributed by atoms with E-state index in [2.05, 4.69) is 5.32 Å². The zero-order chi connectivity index (χ0) is 11.5. The van der Waals surface area contributed by atoms with Crippen LogP contribution in [0.2, 0.25) is 0 Å². The number of esters is 2. The fraction of sp³-hybridized carbons (Fsp3) is 0.200. The number of thiophene rings is 1. The normalized spacial score (nSPS) is 20.1. The van der Waals surface area contributed by atoms with Gasteiger partial charge in [0.05, 0.1) is 0 Å². The summed E-state index contributed by atoms with van der Waals surface area (Å²) in [6.07, 6.45) is 0.469. The number of anilines is 1. The molecule has 2 heterocycles. The van der Waals surface area contributed by atoms with Gasteiger partial charge in [0.2, 0.25) is 6.29 Å². The van der Waals surface area contributed by atoms with Crippen molar-refractivity contribution in [3.05, 3.63) is 28.6 Å². The number of rotatable bonds is 2. The minimum absolute atomic E-state index is 0.135. The van der Waals surface area contributed by atoms with Crippen molar-refractivity contribution >= 4 is 29.0 Å². The number of ether oxygens (including phenoxy) is 2. The van der Waals surface area contributed by atoms with Crippen molar-refractivity contribution in [2.45, 2.75) is 13.2 Å². The van der Waals surface area contributed by atoms with Gasteiger partial charge in [0.25, 0.3) is 0 Å². The fourth-order valence-corrected chi connectivity index (χ4v) is 1.75. The van der Waals surface area contributed by atoms with Crippen LogP contribution in [0.25, 0.3) is 0 Å². The fourth-order valence-electron chi connectivity index (χ4n) is 1.16. The molecule has 1 aromatic heterocycles. The summed E-state index contributed by atoms with van der Waals surface area (Å²) in [5.41, 5.74) is 0.668. The second kappa shape index (κ2) is 4.36. The molecule has 0 aromatic carbocycles. The zero-order valence-electron chi connectivity index (χ0n) is 8.43. The van der Waals surface area contributed by atoms with Gasteiger partial charge in [0.1, 0.15) is 0 Å². The largest absolute Gasteiger partial charge is 0.422 e. The van der Waals surface area contributed by atoms with Crippen LogP contribution >= 0.6 is 11.3 Å². The van der Waals surface area contributed by atoms with E-state index in [-0.39, 0.29) is 5.57 Å². The van der Waals surface area contributed by atoms with Crippen LogP contribution in [0, 0.1) is 0 Å². The Bertz CT molecular complexity index is 418. The average molecular weight is 239 g/mol. The first-order chi connectivity index (χ1) is 7.66. The van der Waals surface area contributed by atoms with Crippen molar-refractivity contribution in [2.75, 3.05) is 5.32 Å². The minimum atomic E-state index is -0.821. The lowest BCUT2D eigenvalue weighted by molar-refractivity contribution is -0.190. The van der Waals surface area contributed by atoms with E-state index in [9.17, 15) is 9.59 Å². The molecule has 5 nitrogen and oxygen atoms in total. The maximum atomic E-state index is 11.3. The predicted molar refractivity (Wildman–Crippen MR) is 57.7 cm³/mol. The lowest BCUT2D eigenvalue weighted by Gasteiger charge is -2.20. The van der Waals surface area contributed by atoms with Crippen LogP contribution in [-0.4, -0.2) is 18.2 Å². The van der Waals surface area contributed by atoms with Crippen molar-refractivity contribution < 1.29 is 19.1 Å². The van der Waals surface area contributed by atoms with Crippen LogP contribution in [0.1, 0.15) is 6.92 Å². The van der Waals surface area contributed by atoms with Crippen LogP contribution in [-0.2, 0) is 19.1 Å². The van der Waals surface area contributed by atoms with Crippen LogP contribution in [0.5, 0.6) is 0 Å². The highest BCUT2D eigenvalue weighted by atomic mass is 32.1. The van der Waals surface area contributed by atoms with E-state index in [1.165, 1.54) is 24.5 Å². The number of hydrogen-bond donors (Lipinski definition) is 1. The molecule has 1 N–H and O–H groups in total. The van der Waals surface area contributed by atoms with Crippen LogP contribution in [0.15, 0.2) is 28.6 Å². The van der Waals surface area contributed by atoms with Gasteiger partial charge in [-0.3, -0.25) is 0 Å². The molecule has 1 fully saturated rings. The molecular formula is C10H9NO4S. The molecule has 1 aliphatic rings. The Hall–Kier alpha value is -1.82. The molecule has 0 radical (unpaired) electrons. The van der Waals surface area contributed by atoms with E-state index in [4.69, 9.17) is 9.47 Å². The summed E-state index contributed by atoms with van der Waals surface area (Å²) in [7, 11) is 0. The third-order valence-electron chi connectivity index (χ3n) is 1.89. The molecule has 1 aliphatic heterocycles. The predicted octanol–water partition coefficient (Wildman–Crippen LogP) is 1.49. The topological polar surface area (TPSA) is 64.6 Å². The number of carbonyl (C=O) groups excluding carboxylic acids is 2. The molecule has 0 aliphatic carbocycles. The van der Waals surface area contributed by atoms with E-state index in [1.54, 1.807) is 0 Å². The van der Waals surface area contributed by atoms with E-state index in [0.717, 1.165) is 5.69 Å². The van der Waals surface area contributed by atoms with E-state index in [0.29, 0.717) is 0 Å². The van der Waals surface area contributed by atoms with E-state index < -0.39 is 18.2 Å². The van der Waals surface area contributed by atoms with Crippen molar-refractivity contribution in [2.24, 2.45) is 0 Å². The summed E-state index contributed by atoms with van der Waals surface area (Å²) in [6, 6.07) is 1.82. The first-order valence-electron chi connectivity index (χ1n) is 4.57. The summed E-state index contributed by atoms with van der Waals surface area (Å²) in [5, 5.41) is 6.54. The van der Waals surface area contributed by atoms with Crippen LogP contribution in [0.3, 0.4) is 0 Å². The standard InChI is InChI=1S/C10H9NO4S/c1-6-14-9(12)8(10(13)15-6)4-11-7-2-3-16-5-7/h2-6,11H,1H3. The van der Waals surface area contributed by atoms with Gasteiger partial charge in [-0.2, -0.15) is 11.3 Å². The molecule has 1 aromatic rings. The van der Waals surface area contributed by atoms with Crippen molar-refractivity contribution in [3.63, 3.8) is 0 Å². The molecule has 2 rings (SSSR count). The zero-order valence-corrected chi connectivity index (χ0v) is 9.24. The van der Waals surface area contributed by atoms with Gasteiger partial charge >= 0.3 is 11.9 Å². The second-order valence-electron chi connectivity index (χ2n) is 3.09.